The van der Waals surface area contributed by atoms with Gasteiger partial charge in [-0.15, -0.1) is 0 Å². The molecule has 1 aromatic rings. The molecule has 0 aromatic heterocycles. The zero-order chi connectivity index (χ0) is 15.6. The molecule has 1 unspecified atom stereocenters. The first kappa shape index (κ1) is 15.6. The van der Waals surface area contributed by atoms with E-state index in [1.54, 1.807) is 23.1 Å². The van der Waals surface area contributed by atoms with Gasteiger partial charge in [-0.3, -0.25) is 4.79 Å². The lowest BCUT2D eigenvalue weighted by atomic mass is 10.2. The van der Waals surface area contributed by atoms with E-state index in [2.05, 4.69) is 10.6 Å². The van der Waals surface area contributed by atoms with Gasteiger partial charge in [-0.05, 0) is 44.5 Å². The summed E-state index contributed by atoms with van der Waals surface area (Å²) in [6.45, 7) is 6.37. The fraction of sp³-hybridized carbons (Fsp3) is 0.467. The molecule has 21 heavy (non-hydrogen) atoms. The van der Waals surface area contributed by atoms with E-state index in [0.29, 0.717) is 23.7 Å². The second-order valence-corrected chi connectivity index (χ2v) is 6.04. The molecule has 0 radical (unpaired) electrons. The number of aryl methyl sites for hydroxylation is 1. The monoisotopic (exact) mass is 309 g/mol. The molecule has 0 spiro atoms. The van der Waals surface area contributed by atoms with Crippen molar-refractivity contribution in [1.29, 1.82) is 0 Å². The Balaban J connectivity index is 1.92. The maximum absolute atomic E-state index is 12.0. The lowest BCUT2D eigenvalue weighted by Crippen LogP contribution is -2.40. The van der Waals surface area contributed by atoms with Gasteiger partial charge in [-0.2, -0.15) is 0 Å². The molecule has 1 heterocycles. The minimum atomic E-state index is -0.302. The van der Waals surface area contributed by atoms with E-state index < -0.39 is 0 Å². The molecule has 0 bridgehead atoms. The van der Waals surface area contributed by atoms with Crippen molar-refractivity contribution in [3.8, 4) is 0 Å². The molecule has 1 fully saturated rings. The minimum Gasteiger partial charge on any atom is -0.338 e. The van der Waals surface area contributed by atoms with Gasteiger partial charge >= 0.3 is 6.03 Å². The van der Waals surface area contributed by atoms with Crippen molar-refractivity contribution < 1.29 is 9.59 Å². The largest absolute Gasteiger partial charge is 0.338 e. The fourth-order valence-corrected chi connectivity index (χ4v) is 2.67. The second kappa shape index (κ2) is 6.35. The lowest BCUT2D eigenvalue weighted by molar-refractivity contribution is -0.129. The average Bonchev–Trinajstić information content (AvgIpc) is 2.74. The normalized spacial score (nSPS) is 18.2. The Hall–Kier alpha value is -1.75. The Morgan fingerprint density at radius 1 is 1.43 bits per heavy atom. The van der Waals surface area contributed by atoms with Crippen LogP contribution in [0.4, 0.5) is 10.5 Å². The minimum absolute atomic E-state index is 0.0815. The average molecular weight is 310 g/mol. The van der Waals surface area contributed by atoms with Gasteiger partial charge in [0.2, 0.25) is 5.91 Å². The smallest absolute Gasteiger partial charge is 0.319 e. The Labute approximate surface area is 129 Å². The van der Waals surface area contributed by atoms with Crippen molar-refractivity contribution in [3.05, 3.63) is 28.8 Å². The number of hydrogen-bond acceptors (Lipinski definition) is 2. The first-order valence-electron chi connectivity index (χ1n) is 7.00. The molecular weight excluding hydrogens is 290 g/mol. The van der Waals surface area contributed by atoms with Crippen LogP contribution >= 0.6 is 11.6 Å². The van der Waals surface area contributed by atoms with Crippen LogP contribution < -0.4 is 10.6 Å². The van der Waals surface area contributed by atoms with Gasteiger partial charge in [0, 0.05) is 29.7 Å². The quantitative estimate of drug-likeness (QED) is 0.902. The third kappa shape index (κ3) is 3.88. The van der Waals surface area contributed by atoms with Crippen LogP contribution in [0.25, 0.3) is 0 Å². The van der Waals surface area contributed by atoms with E-state index in [4.69, 9.17) is 11.6 Å². The molecule has 0 aliphatic carbocycles. The highest BCUT2D eigenvalue weighted by molar-refractivity contribution is 6.30. The number of rotatable bonds is 3. The number of hydrogen-bond donors (Lipinski definition) is 2. The number of nitrogens with zero attached hydrogens (tertiary/aromatic N) is 1. The molecule has 5 nitrogen and oxygen atoms in total. The highest BCUT2D eigenvalue weighted by Crippen LogP contribution is 2.20. The molecule has 114 valence electrons. The summed E-state index contributed by atoms with van der Waals surface area (Å²) in [7, 11) is 0. The molecule has 1 atom stereocenters. The molecule has 1 saturated heterocycles. The molecular formula is C15H20ClN3O2. The zero-order valence-electron chi connectivity index (χ0n) is 12.4. The molecule has 1 aliphatic rings. The number of anilines is 1. The van der Waals surface area contributed by atoms with Gasteiger partial charge < -0.3 is 15.5 Å². The number of benzene rings is 1. The predicted molar refractivity (Wildman–Crippen MR) is 83.6 cm³/mol. The van der Waals surface area contributed by atoms with Gasteiger partial charge in [-0.25, -0.2) is 4.79 Å². The number of amides is 3. The summed E-state index contributed by atoms with van der Waals surface area (Å²) in [4.78, 5) is 25.6. The third-order valence-corrected chi connectivity index (χ3v) is 3.79. The molecule has 2 N–H and O–H groups in total. The predicted octanol–water partition coefficient (Wildman–Crippen LogP) is 2.78. The summed E-state index contributed by atoms with van der Waals surface area (Å²) < 4.78 is 0. The van der Waals surface area contributed by atoms with Crippen LogP contribution in [0.5, 0.6) is 0 Å². The van der Waals surface area contributed by atoms with Crippen molar-refractivity contribution in [2.45, 2.75) is 39.3 Å². The molecule has 1 aromatic carbocycles. The Kier molecular flexibility index (Phi) is 4.73. The van der Waals surface area contributed by atoms with Crippen LogP contribution in [0.3, 0.4) is 0 Å². The van der Waals surface area contributed by atoms with Crippen LogP contribution in [0.1, 0.15) is 25.8 Å². The molecule has 1 aliphatic heterocycles. The third-order valence-electron chi connectivity index (χ3n) is 3.55. The van der Waals surface area contributed by atoms with E-state index in [1.165, 1.54) is 0 Å². The number of urea groups is 1. The fourth-order valence-electron chi connectivity index (χ4n) is 2.44. The maximum atomic E-state index is 12.0. The number of carbonyl (C=O) groups is 2. The van der Waals surface area contributed by atoms with Crippen LogP contribution in [0.2, 0.25) is 5.02 Å². The van der Waals surface area contributed by atoms with Crippen LogP contribution in [-0.2, 0) is 4.79 Å². The summed E-state index contributed by atoms with van der Waals surface area (Å²) in [5, 5.41) is 6.26. The highest BCUT2D eigenvalue weighted by atomic mass is 35.5. The maximum Gasteiger partial charge on any atom is 0.319 e. The molecule has 3 amide bonds. The van der Waals surface area contributed by atoms with Crippen molar-refractivity contribution in [3.63, 3.8) is 0 Å². The summed E-state index contributed by atoms with van der Waals surface area (Å²) in [6.07, 6.45) is 0.352. The zero-order valence-corrected chi connectivity index (χ0v) is 13.2. The van der Waals surface area contributed by atoms with Gasteiger partial charge in [0.15, 0.2) is 0 Å². The van der Waals surface area contributed by atoms with E-state index in [-0.39, 0.29) is 24.0 Å². The topological polar surface area (TPSA) is 61.4 Å². The lowest BCUT2D eigenvalue weighted by Gasteiger charge is -2.21. The van der Waals surface area contributed by atoms with Gasteiger partial charge in [0.05, 0.1) is 6.04 Å². The Bertz CT molecular complexity index is 560. The number of carbonyl (C=O) groups excluding carboxylic acids is 2. The van der Waals surface area contributed by atoms with Gasteiger partial charge in [0.1, 0.15) is 0 Å². The van der Waals surface area contributed by atoms with Crippen molar-refractivity contribution in [2.24, 2.45) is 0 Å². The molecule has 0 saturated carbocycles. The Morgan fingerprint density at radius 2 is 2.14 bits per heavy atom. The second-order valence-electron chi connectivity index (χ2n) is 5.60. The number of halogens is 1. The van der Waals surface area contributed by atoms with Gasteiger partial charge in [0.25, 0.3) is 0 Å². The van der Waals surface area contributed by atoms with Crippen LogP contribution in [0, 0.1) is 6.92 Å². The van der Waals surface area contributed by atoms with E-state index in [9.17, 15) is 9.59 Å². The molecule has 2 rings (SSSR count). The van der Waals surface area contributed by atoms with Crippen molar-refractivity contribution in [1.82, 2.24) is 10.2 Å². The number of likely N-dealkylation sites (tertiary alicyclic amines) is 1. The molecule has 6 heteroatoms. The summed E-state index contributed by atoms with van der Waals surface area (Å²) >= 11 is 5.88. The SMILES string of the molecule is Cc1cc(Cl)ccc1NC(=O)NC1CC(=O)N(C(C)C)C1. The first-order valence-corrected chi connectivity index (χ1v) is 7.37. The van der Waals surface area contributed by atoms with E-state index in [0.717, 1.165) is 5.56 Å². The summed E-state index contributed by atoms with van der Waals surface area (Å²) in [5.41, 5.74) is 1.60. The van der Waals surface area contributed by atoms with E-state index in [1.807, 2.05) is 20.8 Å². The van der Waals surface area contributed by atoms with Crippen LogP contribution in [0.15, 0.2) is 18.2 Å². The van der Waals surface area contributed by atoms with E-state index >= 15 is 0 Å². The number of nitrogens with one attached hydrogen (secondary N) is 2. The van der Waals surface area contributed by atoms with Crippen molar-refractivity contribution >= 4 is 29.2 Å². The standard InChI is InChI=1S/C15H20ClN3O2/c1-9(2)19-8-12(7-14(19)20)17-15(21)18-13-5-4-11(16)6-10(13)3/h4-6,9,12H,7-8H2,1-3H3,(H2,17,18,21). The summed E-state index contributed by atoms with van der Waals surface area (Å²) in [6, 6.07) is 4.99. The Morgan fingerprint density at radius 3 is 2.71 bits per heavy atom. The highest BCUT2D eigenvalue weighted by Gasteiger charge is 2.31. The van der Waals surface area contributed by atoms with Gasteiger partial charge in [-0.1, -0.05) is 11.6 Å². The summed E-state index contributed by atoms with van der Waals surface area (Å²) in [5.74, 6) is 0.0815. The first-order chi connectivity index (χ1) is 9.86. The van der Waals surface area contributed by atoms with Crippen molar-refractivity contribution in [2.75, 3.05) is 11.9 Å². The van der Waals surface area contributed by atoms with Crippen LogP contribution in [-0.4, -0.2) is 35.5 Å².